The van der Waals surface area contributed by atoms with Gasteiger partial charge >= 0.3 is 0 Å². The van der Waals surface area contributed by atoms with Crippen molar-refractivity contribution in [3.63, 3.8) is 0 Å². The van der Waals surface area contributed by atoms with Crippen LogP contribution >= 0.6 is 0 Å². The summed E-state index contributed by atoms with van der Waals surface area (Å²) in [5, 5.41) is 6.59. The summed E-state index contributed by atoms with van der Waals surface area (Å²) in [5.41, 5.74) is 5.41. The molecule has 0 fully saturated rings. The summed E-state index contributed by atoms with van der Waals surface area (Å²) in [6.07, 6.45) is 3.27. The number of hydrogen-bond donors (Lipinski definition) is 2. The van der Waals surface area contributed by atoms with Crippen LogP contribution in [-0.2, 0) is 0 Å². The second-order valence-corrected chi connectivity index (χ2v) is 6.06. The Hall–Kier alpha value is -3.54. The molecule has 0 bridgehead atoms. The predicted molar refractivity (Wildman–Crippen MR) is 104 cm³/mol. The molecule has 128 valence electrons. The topological polar surface area (TPSA) is 75.6 Å². The van der Waals surface area contributed by atoms with Crippen LogP contribution in [0, 0.1) is 13.8 Å². The molecule has 6 heteroatoms. The lowest BCUT2D eigenvalue weighted by Crippen LogP contribution is -2.04. The predicted octanol–water partition coefficient (Wildman–Crippen LogP) is 4.52. The number of nitrogens with one attached hydrogen (secondary N) is 2. The monoisotopic (exact) mass is 342 g/mol. The van der Waals surface area contributed by atoms with Gasteiger partial charge in [-0.1, -0.05) is 35.9 Å². The van der Waals surface area contributed by atoms with Crippen LogP contribution in [0.25, 0.3) is 11.2 Å². The van der Waals surface area contributed by atoms with E-state index in [2.05, 4.69) is 56.5 Å². The Kier molecular flexibility index (Phi) is 4.15. The molecule has 2 N–H and O–H groups in total. The number of anilines is 4. The molecular weight excluding hydrogens is 324 g/mol. The Labute approximate surface area is 151 Å². The molecule has 4 rings (SSSR count). The molecule has 0 aliphatic carbocycles. The van der Waals surface area contributed by atoms with Crippen molar-refractivity contribution in [2.75, 3.05) is 10.6 Å². The first kappa shape index (κ1) is 16.0. The molecule has 0 amide bonds. The van der Waals surface area contributed by atoms with Gasteiger partial charge in [-0.3, -0.25) is 0 Å². The van der Waals surface area contributed by atoms with Crippen molar-refractivity contribution in [2.24, 2.45) is 0 Å². The van der Waals surface area contributed by atoms with Crippen molar-refractivity contribution in [2.45, 2.75) is 13.8 Å². The van der Waals surface area contributed by atoms with Crippen molar-refractivity contribution < 1.29 is 0 Å². The first-order chi connectivity index (χ1) is 12.7. The first-order valence-electron chi connectivity index (χ1n) is 8.34. The molecule has 0 radical (unpaired) electrons. The third-order valence-corrected chi connectivity index (χ3v) is 4.00. The molecule has 0 aliphatic rings. The lowest BCUT2D eigenvalue weighted by Gasteiger charge is -2.12. The van der Waals surface area contributed by atoms with Crippen molar-refractivity contribution in [3.8, 4) is 0 Å². The van der Waals surface area contributed by atoms with Gasteiger partial charge in [0.1, 0.15) is 0 Å². The van der Waals surface area contributed by atoms with Gasteiger partial charge < -0.3 is 10.6 Å². The summed E-state index contributed by atoms with van der Waals surface area (Å²) in [7, 11) is 0. The lowest BCUT2D eigenvalue weighted by atomic mass is 10.1. The van der Waals surface area contributed by atoms with E-state index in [-0.39, 0.29) is 0 Å². The van der Waals surface area contributed by atoms with Crippen LogP contribution in [0.2, 0.25) is 0 Å². The molecule has 6 nitrogen and oxygen atoms in total. The Bertz CT molecular complexity index is 1060. The van der Waals surface area contributed by atoms with E-state index in [0.29, 0.717) is 22.9 Å². The maximum atomic E-state index is 4.62. The Morgan fingerprint density at radius 1 is 0.808 bits per heavy atom. The summed E-state index contributed by atoms with van der Waals surface area (Å²) in [5.74, 6) is 1.09. The molecule has 0 spiro atoms. The van der Waals surface area contributed by atoms with E-state index in [1.165, 1.54) is 5.56 Å². The first-order valence-corrected chi connectivity index (χ1v) is 8.34. The van der Waals surface area contributed by atoms with E-state index in [0.717, 1.165) is 16.9 Å². The molecule has 2 aromatic heterocycles. The standard InChI is InChI=1S/C20H18N6/c1-13-8-9-16(14(2)12-13)24-19-17-18(22-11-10-21-17)25-20(26-19)23-15-6-4-3-5-7-15/h3-12H,1-2H3,(H2,22,23,24,25,26). The Balaban J connectivity index is 1.77. The van der Waals surface area contributed by atoms with E-state index < -0.39 is 0 Å². The van der Waals surface area contributed by atoms with Gasteiger partial charge in [0.05, 0.1) is 0 Å². The van der Waals surface area contributed by atoms with E-state index in [4.69, 9.17) is 0 Å². The van der Waals surface area contributed by atoms with Gasteiger partial charge in [-0.05, 0) is 37.6 Å². The highest BCUT2D eigenvalue weighted by atomic mass is 15.2. The minimum Gasteiger partial charge on any atom is -0.338 e. The van der Waals surface area contributed by atoms with Gasteiger partial charge in [0, 0.05) is 23.8 Å². The molecule has 0 saturated carbocycles. The summed E-state index contributed by atoms with van der Waals surface area (Å²) in [6, 6.07) is 16.0. The highest BCUT2D eigenvalue weighted by Crippen LogP contribution is 2.26. The minimum absolute atomic E-state index is 0.469. The van der Waals surface area contributed by atoms with Crippen LogP contribution in [0.4, 0.5) is 23.1 Å². The quantitative estimate of drug-likeness (QED) is 0.568. The molecule has 0 unspecified atom stereocenters. The van der Waals surface area contributed by atoms with Gasteiger partial charge in [0.15, 0.2) is 17.0 Å². The largest absolute Gasteiger partial charge is 0.338 e. The Morgan fingerprint density at radius 3 is 2.42 bits per heavy atom. The fourth-order valence-corrected chi connectivity index (χ4v) is 2.74. The molecule has 2 aromatic carbocycles. The second kappa shape index (κ2) is 6.76. The van der Waals surface area contributed by atoms with Crippen LogP contribution in [0.3, 0.4) is 0 Å². The number of aromatic nitrogens is 4. The highest BCUT2D eigenvalue weighted by molar-refractivity contribution is 5.86. The van der Waals surface area contributed by atoms with Crippen molar-refractivity contribution in [1.29, 1.82) is 0 Å². The summed E-state index contributed by atoms with van der Waals surface area (Å²) < 4.78 is 0. The fourth-order valence-electron chi connectivity index (χ4n) is 2.74. The summed E-state index contributed by atoms with van der Waals surface area (Å²) >= 11 is 0. The summed E-state index contributed by atoms with van der Waals surface area (Å²) in [4.78, 5) is 17.8. The smallest absolute Gasteiger partial charge is 0.231 e. The number of fused-ring (bicyclic) bond motifs is 1. The second-order valence-electron chi connectivity index (χ2n) is 6.06. The minimum atomic E-state index is 0.469. The van der Waals surface area contributed by atoms with Gasteiger partial charge in [-0.2, -0.15) is 9.97 Å². The number of rotatable bonds is 4. The zero-order valence-corrected chi connectivity index (χ0v) is 14.6. The van der Waals surface area contributed by atoms with E-state index in [1.54, 1.807) is 12.4 Å². The number of benzene rings is 2. The van der Waals surface area contributed by atoms with Crippen LogP contribution in [0.15, 0.2) is 60.9 Å². The highest BCUT2D eigenvalue weighted by Gasteiger charge is 2.11. The number of nitrogens with zero attached hydrogens (tertiary/aromatic N) is 4. The lowest BCUT2D eigenvalue weighted by molar-refractivity contribution is 1.14. The average Bonchev–Trinajstić information content (AvgIpc) is 2.65. The van der Waals surface area contributed by atoms with Crippen molar-refractivity contribution in [3.05, 3.63) is 72.1 Å². The zero-order valence-electron chi connectivity index (χ0n) is 14.6. The molecule has 2 heterocycles. The third-order valence-electron chi connectivity index (χ3n) is 4.00. The van der Waals surface area contributed by atoms with Crippen molar-refractivity contribution >= 4 is 34.3 Å². The van der Waals surface area contributed by atoms with Gasteiger partial charge in [0.25, 0.3) is 0 Å². The molecule has 26 heavy (non-hydrogen) atoms. The van der Waals surface area contributed by atoms with E-state index in [9.17, 15) is 0 Å². The molecule has 0 aliphatic heterocycles. The third kappa shape index (κ3) is 3.30. The number of para-hydroxylation sites is 1. The van der Waals surface area contributed by atoms with Crippen LogP contribution < -0.4 is 10.6 Å². The Morgan fingerprint density at radius 2 is 1.62 bits per heavy atom. The zero-order chi connectivity index (χ0) is 17.9. The molecule has 0 atom stereocenters. The maximum absolute atomic E-state index is 4.62. The number of aryl methyl sites for hydroxylation is 2. The van der Waals surface area contributed by atoms with Crippen LogP contribution in [-0.4, -0.2) is 19.9 Å². The maximum Gasteiger partial charge on any atom is 0.231 e. The normalized spacial score (nSPS) is 10.7. The average molecular weight is 342 g/mol. The van der Waals surface area contributed by atoms with Gasteiger partial charge in [0.2, 0.25) is 5.95 Å². The molecular formula is C20H18N6. The molecule has 4 aromatic rings. The van der Waals surface area contributed by atoms with Gasteiger partial charge in [-0.25, -0.2) is 9.97 Å². The SMILES string of the molecule is Cc1ccc(Nc2nc(Nc3ccccc3)nc3nccnc23)c(C)c1. The van der Waals surface area contributed by atoms with Crippen LogP contribution in [0.5, 0.6) is 0 Å². The fraction of sp³-hybridized carbons (Fsp3) is 0.100. The van der Waals surface area contributed by atoms with E-state index >= 15 is 0 Å². The van der Waals surface area contributed by atoms with E-state index in [1.807, 2.05) is 36.4 Å². The number of hydrogen-bond acceptors (Lipinski definition) is 6. The van der Waals surface area contributed by atoms with Crippen LogP contribution in [0.1, 0.15) is 11.1 Å². The molecule has 0 saturated heterocycles. The summed E-state index contributed by atoms with van der Waals surface area (Å²) in [6.45, 7) is 4.14. The van der Waals surface area contributed by atoms with Crippen molar-refractivity contribution in [1.82, 2.24) is 19.9 Å². The van der Waals surface area contributed by atoms with Gasteiger partial charge in [-0.15, -0.1) is 0 Å².